The molecule has 0 N–H and O–H groups in total. The number of carbonyl (C=O) groups is 1. The number of ether oxygens (including phenoxy) is 2. The Kier molecular flexibility index (Phi) is 5.61. The molecule has 0 aromatic heterocycles. The SMILES string of the molecule is CCOC(=O)N1CCC(N2CCC(c3ccccc3OC)CC2)C1. The van der Waals surface area contributed by atoms with Gasteiger partial charge in [-0.05, 0) is 56.8 Å². The fourth-order valence-electron chi connectivity index (χ4n) is 4.00. The molecule has 3 rings (SSSR count). The summed E-state index contributed by atoms with van der Waals surface area (Å²) in [5.41, 5.74) is 1.33. The third-order valence-electron chi connectivity index (χ3n) is 5.31. The van der Waals surface area contributed by atoms with E-state index >= 15 is 0 Å². The third-order valence-corrected chi connectivity index (χ3v) is 5.31. The van der Waals surface area contributed by atoms with Crippen molar-refractivity contribution in [2.24, 2.45) is 0 Å². The van der Waals surface area contributed by atoms with Crippen molar-refractivity contribution in [2.75, 3.05) is 39.9 Å². The number of methoxy groups -OCH3 is 1. The van der Waals surface area contributed by atoms with Gasteiger partial charge in [0.1, 0.15) is 5.75 Å². The molecule has 2 fully saturated rings. The van der Waals surface area contributed by atoms with Crippen molar-refractivity contribution in [1.29, 1.82) is 0 Å². The molecule has 1 unspecified atom stereocenters. The van der Waals surface area contributed by atoms with Crippen LogP contribution in [0.1, 0.15) is 37.7 Å². The molecular weight excluding hydrogens is 304 g/mol. The van der Waals surface area contributed by atoms with Crippen molar-refractivity contribution in [3.8, 4) is 5.75 Å². The molecule has 0 aliphatic carbocycles. The lowest BCUT2D eigenvalue weighted by atomic mass is 9.88. The molecule has 0 radical (unpaired) electrons. The summed E-state index contributed by atoms with van der Waals surface area (Å²) in [4.78, 5) is 16.2. The van der Waals surface area contributed by atoms with E-state index in [0.717, 1.165) is 51.2 Å². The molecule has 5 nitrogen and oxygen atoms in total. The van der Waals surface area contributed by atoms with Crippen molar-refractivity contribution in [3.63, 3.8) is 0 Å². The van der Waals surface area contributed by atoms with Gasteiger partial charge in [-0.2, -0.15) is 0 Å². The van der Waals surface area contributed by atoms with Gasteiger partial charge in [0.25, 0.3) is 0 Å². The predicted molar refractivity (Wildman–Crippen MR) is 93.5 cm³/mol. The lowest BCUT2D eigenvalue weighted by Gasteiger charge is -2.36. The lowest BCUT2D eigenvalue weighted by Crippen LogP contribution is -2.43. The molecule has 5 heteroatoms. The summed E-state index contributed by atoms with van der Waals surface area (Å²) in [5, 5.41) is 0. The largest absolute Gasteiger partial charge is 0.496 e. The monoisotopic (exact) mass is 332 g/mol. The number of benzene rings is 1. The molecule has 0 spiro atoms. The van der Waals surface area contributed by atoms with Crippen LogP contribution in [-0.2, 0) is 4.74 Å². The van der Waals surface area contributed by atoms with Gasteiger partial charge >= 0.3 is 6.09 Å². The lowest BCUT2D eigenvalue weighted by molar-refractivity contribution is 0.107. The van der Waals surface area contributed by atoms with Crippen LogP contribution in [0.5, 0.6) is 5.75 Å². The molecule has 2 aliphatic heterocycles. The molecule has 1 amide bonds. The molecular formula is C19H28N2O3. The smallest absolute Gasteiger partial charge is 0.409 e. The summed E-state index contributed by atoms with van der Waals surface area (Å²) >= 11 is 0. The first-order valence-electron chi connectivity index (χ1n) is 9.01. The van der Waals surface area contributed by atoms with Crippen LogP contribution in [0.25, 0.3) is 0 Å². The topological polar surface area (TPSA) is 42.0 Å². The van der Waals surface area contributed by atoms with E-state index in [0.29, 0.717) is 18.6 Å². The van der Waals surface area contributed by atoms with Crippen LogP contribution in [-0.4, -0.2) is 61.8 Å². The number of para-hydroxylation sites is 1. The molecule has 1 aromatic rings. The molecule has 2 heterocycles. The Bertz CT molecular complexity index is 555. The van der Waals surface area contributed by atoms with Gasteiger partial charge in [-0.1, -0.05) is 18.2 Å². The summed E-state index contributed by atoms with van der Waals surface area (Å²) in [5.74, 6) is 1.57. The summed E-state index contributed by atoms with van der Waals surface area (Å²) in [6, 6.07) is 8.85. The normalized spacial score (nSPS) is 22.6. The van der Waals surface area contributed by atoms with E-state index in [1.165, 1.54) is 5.56 Å². The summed E-state index contributed by atoms with van der Waals surface area (Å²) in [7, 11) is 1.75. The molecule has 1 atom stereocenters. The average molecular weight is 332 g/mol. The van der Waals surface area contributed by atoms with Gasteiger partial charge < -0.3 is 14.4 Å². The maximum absolute atomic E-state index is 11.9. The number of carbonyl (C=O) groups excluding carboxylic acids is 1. The highest BCUT2D eigenvalue weighted by atomic mass is 16.6. The standard InChI is InChI=1S/C19H28N2O3/c1-3-24-19(22)21-13-10-16(14-21)20-11-8-15(9-12-20)17-6-4-5-7-18(17)23-2/h4-7,15-16H,3,8-14H2,1-2H3. The zero-order valence-corrected chi connectivity index (χ0v) is 14.7. The second-order valence-electron chi connectivity index (χ2n) is 6.64. The minimum atomic E-state index is -0.163. The molecule has 2 saturated heterocycles. The Balaban J connectivity index is 1.53. The highest BCUT2D eigenvalue weighted by Gasteiger charge is 2.33. The van der Waals surface area contributed by atoms with Crippen LogP contribution in [0.15, 0.2) is 24.3 Å². The molecule has 2 aliphatic rings. The number of likely N-dealkylation sites (tertiary alicyclic amines) is 2. The number of rotatable bonds is 4. The quantitative estimate of drug-likeness (QED) is 0.850. The number of piperidine rings is 1. The molecule has 132 valence electrons. The Hall–Kier alpha value is -1.75. The van der Waals surface area contributed by atoms with Gasteiger partial charge in [-0.15, -0.1) is 0 Å². The fraction of sp³-hybridized carbons (Fsp3) is 0.632. The minimum absolute atomic E-state index is 0.163. The highest BCUT2D eigenvalue weighted by Crippen LogP contribution is 2.35. The first kappa shape index (κ1) is 17.1. The van der Waals surface area contributed by atoms with E-state index in [-0.39, 0.29) is 6.09 Å². The maximum Gasteiger partial charge on any atom is 0.409 e. The van der Waals surface area contributed by atoms with Crippen LogP contribution < -0.4 is 4.74 Å². The predicted octanol–water partition coefficient (Wildman–Crippen LogP) is 3.11. The van der Waals surface area contributed by atoms with E-state index < -0.39 is 0 Å². The summed E-state index contributed by atoms with van der Waals surface area (Å²) < 4.78 is 10.6. The van der Waals surface area contributed by atoms with E-state index in [9.17, 15) is 4.79 Å². The van der Waals surface area contributed by atoms with E-state index in [1.54, 1.807) is 7.11 Å². The van der Waals surface area contributed by atoms with E-state index in [4.69, 9.17) is 9.47 Å². The Morgan fingerprint density at radius 2 is 1.92 bits per heavy atom. The van der Waals surface area contributed by atoms with Crippen LogP contribution in [0.2, 0.25) is 0 Å². The fourth-order valence-corrected chi connectivity index (χ4v) is 4.00. The van der Waals surface area contributed by atoms with Gasteiger partial charge in [0.05, 0.1) is 13.7 Å². The summed E-state index contributed by atoms with van der Waals surface area (Å²) in [6.45, 7) is 6.10. The van der Waals surface area contributed by atoms with Gasteiger partial charge in [-0.3, -0.25) is 4.90 Å². The van der Waals surface area contributed by atoms with Gasteiger partial charge in [0.15, 0.2) is 0 Å². The van der Waals surface area contributed by atoms with Gasteiger partial charge in [0, 0.05) is 19.1 Å². The number of amides is 1. The first-order valence-corrected chi connectivity index (χ1v) is 9.01. The molecule has 24 heavy (non-hydrogen) atoms. The molecule has 0 bridgehead atoms. The average Bonchev–Trinajstić information content (AvgIpc) is 3.12. The van der Waals surface area contributed by atoms with Gasteiger partial charge in [-0.25, -0.2) is 4.79 Å². The van der Waals surface area contributed by atoms with Crippen LogP contribution in [0, 0.1) is 0 Å². The second-order valence-corrected chi connectivity index (χ2v) is 6.64. The Labute approximate surface area is 144 Å². The van der Waals surface area contributed by atoms with Crippen molar-refractivity contribution in [2.45, 2.75) is 38.1 Å². The Morgan fingerprint density at radius 3 is 2.62 bits per heavy atom. The highest BCUT2D eigenvalue weighted by molar-refractivity contribution is 5.68. The number of nitrogens with zero attached hydrogens (tertiary/aromatic N) is 2. The van der Waals surface area contributed by atoms with Crippen LogP contribution >= 0.6 is 0 Å². The van der Waals surface area contributed by atoms with Crippen molar-refractivity contribution in [3.05, 3.63) is 29.8 Å². The van der Waals surface area contributed by atoms with Gasteiger partial charge in [0.2, 0.25) is 0 Å². The van der Waals surface area contributed by atoms with Crippen LogP contribution in [0.3, 0.4) is 0 Å². The maximum atomic E-state index is 11.9. The number of hydrogen-bond acceptors (Lipinski definition) is 4. The minimum Gasteiger partial charge on any atom is -0.496 e. The summed E-state index contributed by atoms with van der Waals surface area (Å²) in [6.07, 6.45) is 3.19. The van der Waals surface area contributed by atoms with Crippen LogP contribution in [0.4, 0.5) is 4.79 Å². The third kappa shape index (κ3) is 3.66. The van der Waals surface area contributed by atoms with E-state index in [1.807, 2.05) is 17.9 Å². The molecule has 1 aromatic carbocycles. The van der Waals surface area contributed by atoms with Crippen molar-refractivity contribution in [1.82, 2.24) is 9.80 Å². The second kappa shape index (κ2) is 7.88. The zero-order chi connectivity index (χ0) is 16.9. The van der Waals surface area contributed by atoms with Crippen molar-refractivity contribution >= 4 is 6.09 Å². The van der Waals surface area contributed by atoms with E-state index in [2.05, 4.69) is 23.1 Å². The zero-order valence-electron chi connectivity index (χ0n) is 14.7. The molecule has 0 saturated carbocycles. The Morgan fingerprint density at radius 1 is 1.17 bits per heavy atom. The van der Waals surface area contributed by atoms with Crippen molar-refractivity contribution < 1.29 is 14.3 Å². The number of hydrogen-bond donors (Lipinski definition) is 0. The first-order chi connectivity index (χ1) is 11.7.